The second kappa shape index (κ2) is 7.31. The highest BCUT2D eigenvalue weighted by atomic mass is 16.3. The van der Waals surface area contributed by atoms with Crippen molar-refractivity contribution in [3.05, 3.63) is 23.8 Å². The maximum atomic E-state index is 12.6. The number of hydrogen-bond donors (Lipinski definition) is 3. The number of aromatic hydroxyl groups is 2. The fourth-order valence-electron chi connectivity index (χ4n) is 2.67. The van der Waals surface area contributed by atoms with Crippen molar-refractivity contribution in [1.82, 2.24) is 10.2 Å². The van der Waals surface area contributed by atoms with E-state index in [0.717, 1.165) is 32.2 Å². The summed E-state index contributed by atoms with van der Waals surface area (Å²) in [7, 11) is 0. The molecule has 1 aliphatic rings. The zero-order chi connectivity index (χ0) is 15.2. The molecule has 0 spiro atoms. The van der Waals surface area contributed by atoms with Crippen LogP contribution in [0.15, 0.2) is 18.2 Å². The minimum Gasteiger partial charge on any atom is -0.508 e. The molecule has 1 amide bonds. The smallest absolute Gasteiger partial charge is 0.257 e. The number of carbonyl (C=O) groups is 1. The van der Waals surface area contributed by atoms with E-state index in [-0.39, 0.29) is 23.0 Å². The predicted octanol–water partition coefficient (Wildman–Crippen LogP) is 2.09. The maximum Gasteiger partial charge on any atom is 0.257 e. The summed E-state index contributed by atoms with van der Waals surface area (Å²) in [6.45, 7) is 4.45. The second-order valence-electron chi connectivity index (χ2n) is 5.60. The van der Waals surface area contributed by atoms with Gasteiger partial charge in [0.05, 0.1) is 5.56 Å². The molecule has 0 aromatic heterocycles. The first-order chi connectivity index (χ1) is 10.1. The van der Waals surface area contributed by atoms with Crippen molar-refractivity contribution < 1.29 is 15.0 Å². The van der Waals surface area contributed by atoms with Gasteiger partial charge in [-0.1, -0.05) is 13.3 Å². The van der Waals surface area contributed by atoms with Crippen molar-refractivity contribution in [2.75, 3.05) is 19.6 Å². The normalized spacial score (nSPS) is 17.9. The molecule has 1 fully saturated rings. The molecule has 1 atom stereocenters. The molecule has 5 nitrogen and oxygen atoms in total. The van der Waals surface area contributed by atoms with Gasteiger partial charge in [0.1, 0.15) is 11.5 Å². The van der Waals surface area contributed by atoms with Crippen molar-refractivity contribution in [3.8, 4) is 11.5 Å². The highest BCUT2D eigenvalue weighted by Gasteiger charge is 2.23. The molecule has 0 aliphatic carbocycles. The Balaban J connectivity index is 2.11. The third-order valence-corrected chi connectivity index (χ3v) is 3.88. The number of phenols is 2. The molecular formula is C16H24N2O3. The lowest BCUT2D eigenvalue weighted by molar-refractivity contribution is 0.0736. The topological polar surface area (TPSA) is 72.8 Å². The second-order valence-corrected chi connectivity index (χ2v) is 5.60. The van der Waals surface area contributed by atoms with Gasteiger partial charge in [-0.25, -0.2) is 0 Å². The summed E-state index contributed by atoms with van der Waals surface area (Å²) < 4.78 is 0. The molecule has 1 saturated heterocycles. The van der Waals surface area contributed by atoms with Gasteiger partial charge in [0.2, 0.25) is 0 Å². The van der Waals surface area contributed by atoms with Crippen molar-refractivity contribution in [1.29, 1.82) is 0 Å². The van der Waals surface area contributed by atoms with Crippen LogP contribution in [0.3, 0.4) is 0 Å². The summed E-state index contributed by atoms with van der Waals surface area (Å²) in [6, 6.07) is 4.45. The van der Waals surface area contributed by atoms with Gasteiger partial charge in [-0.15, -0.1) is 0 Å². The number of amides is 1. The number of unbranched alkanes of at least 4 members (excludes halogenated alkanes) is 1. The quantitative estimate of drug-likeness (QED) is 0.750. The highest BCUT2D eigenvalue weighted by Crippen LogP contribution is 2.24. The molecule has 1 unspecified atom stereocenters. The van der Waals surface area contributed by atoms with Crippen molar-refractivity contribution in [3.63, 3.8) is 0 Å². The first-order valence-electron chi connectivity index (χ1n) is 7.66. The molecule has 116 valence electrons. The Morgan fingerprint density at radius 3 is 2.86 bits per heavy atom. The molecule has 0 saturated carbocycles. The minimum atomic E-state index is -0.172. The number of rotatable bonds is 6. The van der Waals surface area contributed by atoms with Crippen LogP contribution < -0.4 is 5.32 Å². The zero-order valence-corrected chi connectivity index (χ0v) is 12.5. The summed E-state index contributed by atoms with van der Waals surface area (Å²) in [5, 5.41) is 22.6. The number of phenolic OH excluding ortho intramolecular Hbond substituents is 2. The van der Waals surface area contributed by atoms with Crippen molar-refractivity contribution >= 4 is 5.91 Å². The Morgan fingerprint density at radius 1 is 1.43 bits per heavy atom. The Hall–Kier alpha value is -1.75. The Morgan fingerprint density at radius 2 is 2.24 bits per heavy atom. The van der Waals surface area contributed by atoms with Gasteiger partial charge in [0, 0.05) is 25.2 Å². The molecule has 0 radical (unpaired) electrons. The van der Waals surface area contributed by atoms with Crippen molar-refractivity contribution in [2.45, 2.75) is 38.6 Å². The van der Waals surface area contributed by atoms with Gasteiger partial charge in [0.25, 0.3) is 5.91 Å². The lowest BCUT2D eigenvalue weighted by Crippen LogP contribution is -2.41. The van der Waals surface area contributed by atoms with Gasteiger partial charge in [-0.2, -0.15) is 0 Å². The van der Waals surface area contributed by atoms with E-state index in [0.29, 0.717) is 19.1 Å². The molecule has 2 rings (SSSR count). The number of hydrogen-bond acceptors (Lipinski definition) is 4. The third-order valence-electron chi connectivity index (χ3n) is 3.88. The summed E-state index contributed by atoms with van der Waals surface area (Å²) in [6.07, 6.45) is 4.18. The minimum absolute atomic E-state index is 0.0402. The average Bonchev–Trinajstić information content (AvgIpc) is 2.95. The highest BCUT2D eigenvalue weighted by molar-refractivity contribution is 5.97. The fourth-order valence-corrected chi connectivity index (χ4v) is 2.67. The zero-order valence-electron chi connectivity index (χ0n) is 12.5. The largest absolute Gasteiger partial charge is 0.508 e. The van der Waals surface area contributed by atoms with E-state index in [9.17, 15) is 15.0 Å². The van der Waals surface area contributed by atoms with E-state index >= 15 is 0 Å². The molecule has 1 heterocycles. The SMILES string of the molecule is CCCCN(CC1CCCN1)C(=O)c1ccc(O)cc1O. The van der Waals surface area contributed by atoms with Crippen LogP contribution in [-0.2, 0) is 0 Å². The van der Waals surface area contributed by atoms with Crippen molar-refractivity contribution in [2.24, 2.45) is 0 Å². The summed E-state index contributed by atoms with van der Waals surface area (Å²) >= 11 is 0. The average molecular weight is 292 g/mol. The van der Waals surface area contributed by atoms with E-state index < -0.39 is 0 Å². The van der Waals surface area contributed by atoms with Crippen LogP contribution in [-0.4, -0.2) is 46.7 Å². The van der Waals surface area contributed by atoms with E-state index in [1.54, 1.807) is 4.90 Å². The fraction of sp³-hybridized carbons (Fsp3) is 0.562. The molecule has 1 aromatic rings. The molecule has 1 aliphatic heterocycles. The van der Waals surface area contributed by atoms with Crippen LogP contribution in [0.5, 0.6) is 11.5 Å². The Bertz CT molecular complexity index is 484. The number of benzene rings is 1. The van der Waals surface area contributed by atoms with Gasteiger partial charge in [-0.05, 0) is 37.9 Å². The van der Waals surface area contributed by atoms with E-state index in [2.05, 4.69) is 12.2 Å². The summed E-state index contributed by atoms with van der Waals surface area (Å²) in [5.74, 6) is -0.378. The number of carbonyl (C=O) groups excluding carboxylic acids is 1. The van der Waals surface area contributed by atoms with E-state index in [1.807, 2.05) is 0 Å². The van der Waals surface area contributed by atoms with E-state index in [1.165, 1.54) is 18.2 Å². The van der Waals surface area contributed by atoms with Gasteiger partial charge in [-0.3, -0.25) is 4.79 Å². The molecule has 5 heteroatoms. The third kappa shape index (κ3) is 4.11. The van der Waals surface area contributed by atoms with Crippen LogP contribution in [0, 0.1) is 0 Å². The molecule has 0 bridgehead atoms. The monoisotopic (exact) mass is 292 g/mol. The van der Waals surface area contributed by atoms with Crippen LogP contribution in [0.2, 0.25) is 0 Å². The summed E-state index contributed by atoms with van der Waals surface area (Å²) in [5.41, 5.74) is 0.252. The van der Waals surface area contributed by atoms with Gasteiger partial charge >= 0.3 is 0 Å². The number of nitrogens with one attached hydrogen (secondary N) is 1. The molecule has 21 heavy (non-hydrogen) atoms. The van der Waals surface area contributed by atoms with Gasteiger partial charge in [0.15, 0.2) is 0 Å². The summed E-state index contributed by atoms with van der Waals surface area (Å²) in [4.78, 5) is 14.4. The first-order valence-corrected chi connectivity index (χ1v) is 7.66. The molecule has 3 N–H and O–H groups in total. The lowest BCUT2D eigenvalue weighted by Gasteiger charge is -2.26. The standard InChI is InChI=1S/C16H24N2O3/c1-2-3-9-18(11-12-5-4-8-17-12)16(21)14-7-6-13(19)10-15(14)20/h6-7,10,12,17,19-20H,2-5,8-9,11H2,1H3. The van der Waals surface area contributed by atoms with Crippen LogP contribution in [0.1, 0.15) is 43.0 Å². The molecular weight excluding hydrogens is 268 g/mol. The van der Waals surface area contributed by atoms with Crippen LogP contribution in [0.4, 0.5) is 0 Å². The Labute approximate surface area is 125 Å². The maximum absolute atomic E-state index is 12.6. The lowest BCUT2D eigenvalue weighted by atomic mass is 10.1. The first kappa shape index (κ1) is 15.6. The predicted molar refractivity (Wildman–Crippen MR) is 81.6 cm³/mol. The van der Waals surface area contributed by atoms with Crippen LogP contribution in [0.25, 0.3) is 0 Å². The van der Waals surface area contributed by atoms with Gasteiger partial charge < -0.3 is 20.4 Å². The number of nitrogens with zero attached hydrogens (tertiary/aromatic N) is 1. The van der Waals surface area contributed by atoms with E-state index in [4.69, 9.17) is 0 Å². The van der Waals surface area contributed by atoms with Crippen LogP contribution >= 0.6 is 0 Å². The Kier molecular flexibility index (Phi) is 5.44. The molecule has 1 aromatic carbocycles.